The van der Waals surface area contributed by atoms with Gasteiger partial charge in [-0.3, -0.25) is 4.79 Å². The predicted molar refractivity (Wildman–Crippen MR) is 76.9 cm³/mol. The van der Waals surface area contributed by atoms with Gasteiger partial charge >= 0.3 is 0 Å². The second-order valence-corrected chi connectivity index (χ2v) is 11.3. The Morgan fingerprint density at radius 2 is 1.76 bits per heavy atom. The molecule has 102 valence electrons. The SMILES string of the molecule is CCCC(=O)CC[C@H](C)O[Si](C)(C)C(C)(C)C. The molecule has 0 aromatic rings. The molecule has 0 bridgehead atoms. The van der Waals surface area contributed by atoms with Gasteiger partial charge in [0.05, 0.1) is 0 Å². The normalized spacial score (nSPS) is 14.8. The fourth-order valence-corrected chi connectivity index (χ4v) is 2.98. The first-order chi connectivity index (χ1) is 7.60. The van der Waals surface area contributed by atoms with Crippen molar-refractivity contribution in [3.63, 3.8) is 0 Å². The largest absolute Gasteiger partial charge is 0.414 e. The first-order valence-corrected chi connectivity index (χ1v) is 9.70. The Morgan fingerprint density at radius 3 is 2.18 bits per heavy atom. The topological polar surface area (TPSA) is 26.3 Å². The molecule has 3 heteroatoms. The molecule has 2 nitrogen and oxygen atoms in total. The Morgan fingerprint density at radius 1 is 1.24 bits per heavy atom. The van der Waals surface area contributed by atoms with Crippen molar-refractivity contribution in [3.8, 4) is 0 Å². The predicted octanol–water partition coefficient (Wildman–Crippen LogP) is 4.55. The zero-order chi connectivity index (χ0) is 13.7. The Kier molecular flexibility index (Phi) is 6.63. The van der Waals surface area contributed by atoms with E-state index in [4.69, 9.17) is 4.43 Å². The number of hydrogen-bond donors (Lipinski definition) is 0. The molecule has 0 N–H and O–H groups in total. The minimum Gasteiger partial charge on any atom is -0.414 e. The highest BCUT2D eigenvalue weighted by Crippen LogP contribution is 2.37. The maximum absolute atomic E-state index is 11.5. The van der Waals surface area contributed by atoms with E-state index in [2.05, 4.69) is 40.8 Å². The quantitative estimate of drug-likeness (QED) is 0.626. The third-order valence-electron chi connectivity index (χ3n) is 3.66. The monoisotopic (exact) mass is 258 g/mol. The summed E-state index contributed by atoms with van der Waals surface area (Å²) in [6.45, 7) is 15.4. The molecule has 0 rings (SSSR count). The molecule has 0 aromatic carbocycles. The molecule has 0 saturated heterocycles. The average Bonchev–Trinajstić information content (AvgIpc) is 2.12. The van der Waals surface area contributed by atoms with Gasteiger partial charge in [0.25, 0.3) is 0 Å². The first-order valence-electron chi connectivity index (χ1n) is 6.79. The third kappa shape index (κ3) is 6.37. The van der Waals surface area contributed by atoms with Crippen LogP contribution in [0.5, 0.6) is 0 Å². The van der Waals surface area contributed by atoms with Gasteiger partial charge in [-0.2, -0.15) is 0 Å². The molecule has 0 amide bonds. The van der Waals surface area contributed by atoms with Crippen molar-refractivity contribution in [2.75, 3.05) is 0 Å². The van der Waals surface area contributed by atoms with E-state index in [0.29, 0.717) is 18.6 Å². The van der Waals surface area contributed by atoms with Crippen LogP contribution < -0.4 is 0 Å². The second-order valence-electron chi connectivity index (χ2n) is 6.52. The average molecular weight is 258 g/mol. The maximum Gasteiger partial charge on any atom is 0.192 e. The minimum atomic E-state index is -1.67. The van der Waals surface area contributed by atoms with Gasteiger partial charge in [-0.05, 0) is 37.9 Å². The molecule has 0 fully saturated rings. The molecule has 1 atom stereocenters. The summed E-state index contributed by atoms with van der Waals surface area (Å²) in [7, 11) is -1.67. The van der Waals surface area contributed by atoms with Crippen molar-refractivity contribution in [2.24, 2.45) is 0 Å². The molecule has 0 heterocycles. The fourth-order valence-electron chi connectivity index (χ4n) is 1.51. The van der Waals surface area contributed by atoms with Gasteiger partial charge in [0.2, 0.25) is 0 Å². The van der Waals surface area contributed by atoms with E-state index in [1.54, 1.807) is 0 Å². The van der Waals surface area contributed by atoms with Gasteiger partial charge in [0.1, 0.15) is 5.78 Å². The van der Waals surface area contributed by atoms with Gasteiger partial charge in [0, 0.05) is 18.9 Å². The molecule has 0 unspecified atom stereocenters. The number of rotatable bonds is 7. The van der Waals surface area contributed by atoms with E-state index in [0.717, 1.165) is 12.8 Å². The third-order valence-corrected chi connectivity index (χ3v) is 8.26. The van der Waals surface area contributed by atoms with Crippen LogP contribution in [0.2, 0.25) is 18.1 Å². The van der Waals surface area contributed by atoms with Crippen molar-refractivity contribution >= 4 is 14.1 Å². The summed E-state index contributed by atoms with van der Waals surface area (Å²) >= 11 is 0. The van der Waals surface area contributed by atoms with Gasteiger partial charge in [0.15, 0.2) is 8.32 Å². The van der Waals surface area contributed by atoms with Crippen LogP contribution in [0.3, 0.4) is 0 Å². The molecule has 0 radical (unpaired) electrons. The summed E-state index contributed by atoms with van der Waals surface area (Å²) in [5, 5.41) is 0.245. The van der Waals surface area contributed by atoms with Crippen LogP contribution in [-0.2, 0) is 9.22 Å². The van der Waals surface area contributed by atoms with Crippen LogP contribution >= 0.6 is 0 Å². The van der Waals surface area contributed by atoms with Gasteiger partial charge in [-0.15, -0.1) is 0 Å². The maximum atomic E-state index is 11.5. The number of hydrogen-bond acceptors (Lipinski definition) is 2. The molecule has 0 aromatic heterocycles. The van der Waals surface area contributed by atoms with E-state index in [1.165, 1.54) is 0 Å². The molecule has 0 aliphatic rings. The number of carbonyl (C=O) groups is 1. The van der Waals surface area contributed by atoms with Crippen LogP contribution in [-0.4, -0.2) is 20.2 Å². The van der Waals surface area contributed by atoms with Crippen LogP contribution in [0.25, 0.3) is 0 Å². The lowest BCUT2D eigenvalue weighted by molar-refractivity contribution is -0.119. The Balaban J connectivity index is 4.10. The van der Waals surface area contributed by atoms with Gasteiger partial charge in [-0.1, -0.05) is 27.7 Å². The van der Waals surface area contributed by atoms with Gasteiger partial charge < -0.3 is 4.43 Å². The summed E-state index contributed by atoms with van der Waals surface area (Å²) in [5.74, 6) is 0.373. The fraction of sp³-hybridized carbons (Fsp3) is 0.929. The number of carbonyl (C=O) groups excluding carboxylic acids is 1. The second kappa shape index (κ2) is 6.69. The van der Waals surface area contributed by atoms with E-state index in [9.17, 15) is 4.79 Å². The van der Waals surface area contributed by atoms with Crippen molar-refractivity contribution < 1.29 is 9.22 Å². The minimum absolute atomic E-state index is 0.205. The lowest BCUT2D eigenvalue weighted by Gasteiger charge is -2.38. The summed E-state index contributed by atoms with van der Waals surface area (Å²) in [6, 6.07) is 0. The lowest BCUT2D eigenvalue weighted by Crippen LogP contribution is -2.43. The van der Waals surface area contributed by atoms with Crippen LogP contribution in [0.15, 0.2) is 0 Å². The zero-order valence-electron chi connectivity index (χ0n) is 12.7. The Bertz CT molecular complexity index is 241. The Labute approximate surface area is 108 Å². The van der Waals surface area contributed by atoms with Gasteiger partial charge in [-0.25, -0.2) is 0 Å². The van der Waals surface area contributed by atoms with E-state index in [1.807, 2.05) is 6.92 Å². The van der Waals surface area contributed by atoms with Crippen molar-refractivity contribution in [1.29, 1.82) is 0 Å². The van der Waals surface area contributed by atoms with Crippen LogP contribution in [0, 0.1) is 0 Å². The molecule has 0 aliphatic carbocycles. The smallest absolute Gasteiger partial charge is 0.192 e. The zero-order valence-corrected chi connectivity index (χ0v) is 13.7. The first kappa shape index (κ1) is 16.8. The van der Waals surface area contributed by atoms with Crippen LogP contribution in [0.1, 0.15) is 60.3 Å². The van der Waals surface area contributed by atoms with E-state index in [-0.39, 0.29) is 11.1 Å². The molecule has 0 spiro atoms. The molecule has 17 heavy (non-hydrogen) atoms. The standard InChI is InChI=1S/C14H30O2Si/c1-8-9-13(15)11-10-12(2)16-17(6,7)14(3,4)5/h12H,8-11H2,1-7H3/t12-/m0/s1. The molecular formula is C14H30O2Si. The summed E-state index contributed by atoms with van der Waals surface area (Å²) in [6.07, 6.45) is 3.41. The van der Waals surface area contributed by atoms with E-state index < -0.39 is 8.32 Å². The highest BCUT2D eigenvalue weighted by molar-refractivity contribution is 6.74. The highest BCUT2D eigenvalue weighted by Gasteiger charge is 2.38. The lowest BCUT2D eigenvalue weighted by atomic mass is 10.1. The number of Topliss-reactive ketones (excluding diaryl/α,β-unsaturated/α-hetero) is 1. The molecule has 0 saturated carbocycles. The number of ketones is 1. The molecular weight excluding hydrogens is 228 g/mol. The van der Waals surface area contributed by atoms with Crippen molar-refractivity contribution in [1.82, 2.24) is 0 Å². The van der Waals surface area contributed by atoms with Crippen molar-refractivity contribution in [3.05, 3.63) is 0 Å². The van der Waals surface area contributed by atoms with Crippen LogP contribution in [0.4, 0.5) is 0 Å². The van der Waals surface area contributed by atoms with E-state index >= 15 is 0 Å². The summed E-state index contributed by atoms with van der Waals surface area (Å²) in [4.78, 5) is 11.5. The van der Waals surface area contributed by atoms with Crippen molar-refractivity contribution in [2.45, 2.75) is 84.5 Å². The highest BCUT2D eigenvalue weighted by atomic mass is 28.4. The molecule has 0 aliphatic heterocycles. The Hall–Kier alpha value is -0.153. The summed E-state index contributed by atoms with van der Waals surface area (Å²) in [5.41, 5.74) is 0. The summed E-state index contributed by atoms with van der Waals surface area (Å²) < 4.78 is 6.22.